The molecule has 3 nitrogen and oxygen atoms in total. The molecule has 1 unspecified atom stereocenters. The van der Waals surface area contributed by atoms with Crippen LogP contribution in [0.3, 0.4) is 0 Å². The lowest BCUT2D eigenvalue weighted by molar-refractivity contribution is 0.562. The summed E-state index contributed by atoms with van der Waals surface area (Å²) >= 11 is 9.11. The maximum Gasteiger partial charge on any atom is 0.147 e. The van der Waals surface area contributed by atoms with Gasteiger partial charge in [0.15, 0.2) is 0 Å². The molecule has 0 saturated heterocycles. The molecule has 0 amide bonds. The molecule has 0 bridgehead atoms. The highest BCUT2D eigenvalue weighted by atomic mass is 79.9. The van der Waals surface area contributed by atoms with Crippen molar-refractivity contribution < 1.29 is 4.39 Å². The van der Waals surface area contributed by atoms with E-state index in [1.165, 1.54) is 5.56 Å². The molecule has 0 aliphatic carbocycles. The number of halogens is 3. The van der Waals surface area contributed by atoms with Crippen molar-refractivity contribution in [3.8, 4) is 0 Å². The van der Waals surface area contributed by atoms with Crippen molar-refractivity contribution in [2.24, 2.45) is 12.8 Å². The summed E-state index contributed by atoms with van der Waals surface area (Å²) in [6.07, 6.45) is 1.40. The van der Waals surface area contributed by atoms with Crippen molar-refractivity contribution in [2.75, 3.05) is 0 Å². The molecule has 0 aliphatic heterocycles. The summed E-state index contributed by atoms with van der Waals surface area (Å²) in [6.45, 7) is 4.00. The lowest BCUT2D eigenvalue weighted by Crippen LogP contribution is -2.14. The van der Waals surface area contributed by atoms with Crippen molar-refractivity contribution in [2.45, 2.75) is 32.7 Å². The van der Waals surface area contributed by atoms with Crippen LogP contribution in [0, 0.1) is 19.7 Å². The topological polar surface area (TPSA) is 43.8 Å². The van der Waals surface area contributed by atoms with E-state index in [-0.39, 0.29) is 5.02 Å². The van der Waals surface area contributed by atoms with E-state index in [0.717, 1.165) is 17.8 Å². The Labute approximate surface area is 137 Å². The molecule has 0 spiro atoms. The molecule has 1 heterocycles. The molecule has 2 rings (SSSR count). The van der Waals surface area contributed by atoms with Gasteiger partial charge in [-0.2, -0.15) is 5.10 Å². The number of nitrogens with zero attached hydrogens (tertiary/aromatic N) is 2. The summed E-state index contributed by atoms with van der Waals surface area (Å²) in [5.41, 5.74) is 9.87. The highest BCUT2D eigenvalue weighted by Gasteiger charge is 2.17. The average molecular weight is 375 g/mol. The number of hydrogen-bond donors (Lipinski definition) is 1. The predicted molar refractivity (Wildman–Crippen MR) is 87.0 cm³/mol. The first-order valence-electron chi connectivity index (χ1n) is 6.71. The number of nitrogens with two attached hydrogens (primary N) is 1. The van der Waals surface area contributed by atoms with E-state index >= 15 is 0 Å². The minimum atomic E-state index is -0.446. The molecule has 2 aromatic rings. The molecule has 0 fully saturated rings. The van der Waals surface area contributed by atoms with Crippen molar-refractivity contribution in [3.63, 3.8) is 0 Å². The van der Waals surface area contributed by atoms with Gasteiger partial charge >= 0.3 is 0 Å². The largest absolute Gasteiger partial charge is 0.324 e. The molecule has 0 aliphatic rings. The maximum absolute atomic E-state index is 14.1. The predicted octanol–water partition coefficient (Wildman–Crippen LogP) is 4.22. The third kappa shape index (κ3) is 3.30. The zero-order chi connectivity index (χ0) is 15.7. The van der Waals surface area contributed by atoms with Crippen LogP contribution in [-0.4, -0.2) is 9.78 Å². The molecule has 1 atom stereocenters. The number of hydrogen-bond acceptors (Lipinski definition) is 2. The molecule has 0 radical (unpaired) electrons. The third-order valence-electron chi connectivity index (χ3n) is 3.83. The molecule has 6 heteroatoms. The molecular formula is C15H18BrClFN3. The molecule has 2 N–H and O–H groups in total. The summed E-state index contributed by atoms with van der Waals surface area (Å²) in [7, 11) is 1.92. The quantitative estimate of drug-likeness (QED) is 0.814. The highest BCUT2D eigenvalue weighted by molar-refractivity contribution is 9.10. The Hall–Kier alpha value is -0.910. The van der Waals surface area contributed by atoms with Crippen LogP contribution in [0.1, 0.15) is 35.0 Å². The van der Waals surface area contributed by atoms with Crippen LogP contribution in [0.2, 0.25) is 5.02 Å². The fraction of sp³-hybridized carbons (Fsp3) is 0.400. The minimum absolute atomic E-state index is 0.0803. The van der Waals surface area contributed by atoms with E-state index < -0.39 is 11.9 Å². The Balaban J connectivity index is 2.16. The number of rotatable bonds is 4. The van der Waals surface area contributed by atoms with E-state index in [2.05, 4.69) is 21.0 Å². The van der Waals surface area contributed by atoms with Gasteiger partial charge in [-0.15, -0.1) is 0 Å². The lowest BCUT2D eigenvalue weighted by Gasteiger charge is -2.14. The Morgan fingerprint density at radius 1 is 1.43 bits per heavy atom. The maximum atomic E-state index is 14.1. The molecule has 1 aromatic carbocycles. The molecule has 0 saturated carbocycles. The van der Waals surface area contributed by atoms with Crippen LogP contribution < -0.4 is 5.73 Å². The Morgan fingerprint density at radius 3 is 2.67 bits per heavy atom. The monoisotopic (exact) mass is 373 g/mol. The Kier molecular flexibility index (Phi) is 5.07. The second kappa shape index (κ2) is 6.46. The van der Waals surface area contributed by atoms with Crippen LogP contribution >= 0.6 is 27.5 Å². The fourth-order valence-electron chi connectivity index (χ4n) is 2.46. The van der Waals surface area contributed by atoms with E-state index in [4.69, 9.17) is 17.3 Å². The van der Waals surface area contributed by atoms with Crippen LogP contribution in [0.5, 0.6) is 0 Å². The van der Waals surface area contributed by atoms with Gasteiger partial charge in [-0.25, -0.2) is 4.39 Å². The van der Waals surface area contributed by atoms with Gasteiger partial charge < -0.3 is 5.73 Å². The average Bonchev–Trinajstić information content (AvgIpc) is 2.67. The zero-order valence-electron chi connectivity index (χ0n) is 12.3. The second-order valence-electron chi connectivity index (χ2n) is 5.18. The van der Waals surface area contributed by atoms with Gasteiger partial charge in [0.2, 0.25) is 0 Å². The third-order valence-corrected chi connectivity index (χ3v) is 5.09. The minimum Gasteiger partial charge on any atom is -0.324 e. The van der Waals surface area contributed by atoms with Gasteiger partial charge in [-0.3, -0.25) is 4.68 Å². The van der Waals surface area contributed by atoms with Crippen LogP contribution in [0.25, 0.3) is 0 Å². The Bertz CT molecular complexity index is 669. The first-order valence-corrected chi connectivity index (χ1v) is 7.88. The number of benzene rings is 1. The summed E-state index contributed by atoms with van der Waals surface area (Å²) < 4.78 is 16.5. The summed E-state index contributed by atoms with van der Waals surface area (Å²) in [5.74, 6) is -0.446. The van der Waals surface area contributed by atoms with Gasteiger partial charge in [0.25, 0.3) is 0 Å². The van der Waals surface area contributed by atoms with Gasteiger partial charge in [-0.1, -0.05) is 17.7 Å². The van der Waals surface area contributed by atoms with E-state index in [1.54, 1.807) is 12.1 Å². The van der Waals surface area contributed by atoms with E-state index in [9.17, 15) is 4.39 Å². The number of aromatic nitrogens is 2. The van der Waals surface area contributed by atoms with Crippen molar-refractivity contribution in [1.29, 1.82) is 0 Å². The standard InChI is InChI=1S/C15H18BrClFN3/c1-8-10(9(2)21(3)20-8)5-7-13(19)11-4-6-12(16)14(17)15(11)18/h4,6,13H,5,7,19H2,1-3H3. The first-order chi connectivity index (χ1) is 9.82. The number of aryl methyl sites for hydroxylation is 2. The van der Waals surface area contributed by atoms with E-state index in [1.807, 2.05) is 25.6 Å². The fourth-order valence-corrected chi connectivity index (χ4v) is 2.94. The normalized spacial score (nSPS) is 12.7. The SMILES string of the molecule is Cc1nn(C)c(C)c1CCC(N)c1ccc(Br)c(Cl)c1F. The van der Waals surface area contributed by atoms with Crippen LogP contribution in [0.4, 0.5) is 4.39 Å². The molecule has 114 valence electrons. The van der Waals surface area contributed by atoms with Gasteiger partial charge in [0.05, 0.1) is 10.7 Å². The first kappa shape index (κ1) is 16.5. The Morgan fingerprint density at radius 2 is 2.10 bits per heavy atom. The van der Waals surface area contributed by atoms with Crippen LogP contribution in [-0.2, 0) is 13.5 Å². The molecular weight excluding hydrogens is 357 g/mol. The summed E-state index contributed by atoms with van der Waals surface area (Å²) in [5, 5.41) is 4.46. The van der Waals surface area contributed by atoms with Crippen LogP contribution in [0.15, 0.2) is 16.6 Å². The van der Waals surface area contributed by atoms with E-state index in [0.29, 0.717) is 16.5 Å². The summed E-state index contributed by atoms with van der Waals surface area (Å²) in [4.78, 5) is 0. The lowest BCUT2D eigenvalue weighted by atomic mass is 9.98. The van der Waals surface area contributed by atoms with Crippen molar-refractivity contribution in [1.82, 2.24) is 9.78 Å². The highest BCUT2D eigenvalue weighted by Crippen LogP contribution is 2.31. The molecule has 1 aromatic heterocycles. The van der Waals surface area contributed by atoms with Gasteiger partial charge in [-0.05, 0) is 54.2 Å². The zero-order valence-corrected chi connectivity index (χ0v) is 14.6. The summed E-state index contributed by atoms with van der Waals surface area (Å²) in [6, 6.07) is 3.01. The second-order valence-corrected chi connectivity index (χ2v) is 6.42. The van der Waals surface area contributed by atoms with Crippen molar-refractivity contribution in [3.05, 3.63) is 50.0 Å². The van der Waals surface area contributed by atoms with Gasteiger partial charge in [0.1, 0.15) is 5.82 Å². The smallest absolute Gasteiger partial charge is 0.147 e. The van der Waals surface area contributed by atoms with Crippen molar-refractivity contribution >= 4 is 27.5 Å². The molecule has 21 heavy (non-hydrogen) atoms. The van der Waals surface area contributed by atoms with Gasteiger partial charge in [0, 0.05) is 28.8 Å².